The van der Waals surface area contributed by atoms with Crippen LogP contribution >= 0.6 is 31.9 Å². The summed E-state index contributed by atoms with van der Waals surface area (Å²) in [6.07, 6.45) is 0. The van der Waals surface area contributed by atoms with Crippen molar-refractivity contribution in [2.24, 2.45) is 0 Å². The van der Waals surface area contributed by atoms with E-state index in [9.17, 15) is 0 Å². The summed E-state index contributed by atoms with van der Waals surface area (Å²) >= 11 is 7.38. The lowest BCUT2D eigenvalue weighted by molar-refractivity contribution is 0.337. The van der Waals surface area contributed by atoms with E-state index in [0.717, 1.165) is 10.2 Å². The molecule has 0 aliphatic rings. The number of halogens is 2. The van der Waals surface area contributed by atoms with Gasteiger partial charge in [0.1, 0.15) is 5.75 Å². The van der Waals surface area contributed by atoms with Crippen molar-refractivity contribution in [3.8, 4) is 5.75 Å². The van der Waals surface area contributed by atoms with Crippen molar-refractivity contribution < 1.29 is 4.74 Å². The molecule has 106 valence electrons. The number of alkyl halides is 1. The molecule has 20 heavy (non-hydrogen) atoms. The van der Waals surface area contributed by atoms with Crippen LogP contribution in [0.2, 0.25) is 0 Å². The lowest BCUT2D eigenvalue weighted by atomic mass is 9.98. The molecule has 0 bridgehead atoms. The Hall–Kier alpha value is -0.800. The van der Waals surface area contributed by atoms with Crippen LogP contribution in [0.5, 0.6) is 5.75 Å². The normalized spacial score (nSPS) is 12.2. The Labute approximate surface area is 137 Å². The van der Waals surface area contributed by atoms with Crippen LogP contribution < -0.4 is 4.74 Å². The van der Waals surface area contributed by atoms with Crippen molar-refractivity contribution >= 4 is 31.9 Å². The Bertz CT molecular complexity index is 608. The molecule has 0 aliphatic heterocycles. The first kappa shape index (κ1) is 15.6. The maximum absolute atomic E-state index is 5.76. The molecule has 2 aromatic carbocycles. The Morgan fingerprint density at radius 2 is 1.80 bits per heavy atom. The first-order valence-corrected chi connectivity index (χ1v) is 8.37. The van der Waals surface area contributed by atoms with Crippen molar-refractivity contribution in [1.82, 2.24) is 0 Å². The molecule has 0 radical (unpaired) electrons. The third-order valence-electron chi connectivity index (χ3n) is 3.25. The fourth-order valence-corrected chi connectivity index (χ4v) is 3.43. The highest BCUT2D eigenvalue weighted by Crippen LogP contribution is 2.39. The van der Waals surface area contributed by atoms with E-state index < -0.39 is 0 Å². The van der Waals surface area contributed by atoms with Crippen LogP contribution in [0.3, 0.4) is 0 Å². The van der Waals surface area contributed by atoms with Crippen LogP contribution in [-0.2, 0) is 0 Å². The van der Waals surface area contributed by atoms with Gasteiger partial charge in [-0.3, -0.25) is 0 Å². The summed E-state index contributed by atoms with van der Waals surface area (Å²) in [6.45, 7) is 6.92. The highest BCUT2D eigenvalue weighted by Gasteiger charge is 2.17. The first-order chi connectivity index (χ1) is 9.52. The molecule has 2 aromatic rings. The summed E-state index contributed by atoms with van der Waals surface area (Å²) in [6, 6.07) is 12.7. The summed E-state index contributed by atoms with van der Waals surface area (Å²) in [5.74, 6) is 0.944. The van der Waals surface area contributed by atoms with Gasteiger partial charge in [0.05, 0.1) is 11.4 Å². The molecule has 0 N–H and O–H groups in total. The van der Waals surface area contributed by atoms with E-state index in [0.29, 0.717) is 6.61 Å². The Balaban J connectivity index is 2.49. The van der Waals surface area contributed by atoms with Crippen LogP contribution in [0.15, 0.2) is 40.9 Å². The van der Waals surface area contributed by atoms with Gasteiger partial charge in [-0.05, 0) is 50.1 Å². The molecule has 3 heteroatoms. The molecule has 2 rings (SSSR count). The van der Waals surface area contributed by atoms with E-state index in [4.69, 9.17) is 4.74 Å². The Morgan fingerprint density at radius 3 is 2.50 bits per heavy atom. The number of ether oxygens (including phenoxy) is 1. The zero-order chi connectivity index (χ0) is 14.7. The second-order valence-corrected chi connectivity index (χ2v) is 6.67. The minimum Gasteiger partial charge on any atom is -0.494 e. The second kappa shape index (κ2) is 6.77. The molecule has 0 saturated carbocycles. The molecule has 1 unspecified atom stereocenters. The van der Waals surface area contributed by atoms with Gasteiger partial charge in [0.2, 0.25) is 0 Å². The maximum atomic E-state index is 5.76. The zero-order valence-corrected chi connectivity index (χ0v) is 15.1. The van der Waals surface area contributed by atoms with Crippen LogP contribution in [0.1, 0.15) is 34.0 Å². The van der Waals surface area contributed by atoms with E-state index in [2.05, 4.69) is 82.1 Å². The van der Waals surface area contributed by atoms with Crippen molar-refractivity contribution in [3.05, 3.63) is 63.1 Å². The van der Waals surface area contributed by atoms with Crippen LogP contribution in [0.25, 0.3) is 0 Å². The second-order valence-electron chi connectivity index (χ2n) is 4.84. The highest BCUT2D eigenvalue weighted by atomic mass is 79.9. The number of rotatable bonds is 4. The van der Waals surface area contributed by atoms with Crippen LogP contribution in [0.4, 0.5) is 0 Å². The van der Waals surface area contributed by atoms with E-state index in [1.165, 1.54) is 22.3 Å². The maximum Gasteiger partial charge on any atom is 0.123 e. The third-order valence-corrected chi connectivity index (χ3v) is 4.73. The lowest BCUT2D eigenvalue weighted by Gasteiger charge is -2.18. The van der Waals surface area contributed by atoms with Gasteiger partial charge in [0.25, 0.3) is 0 Å². The molecule has 0 aliphatic carbocycles. The van der Waals surface area contributed by atoms with Gasteiger partial charge in [0, 0.05) is 10.0 Å². The molecule has 0 heterocycles. The molecule has 1 atom stereocenters. The minimum absolute atomic E-state index is 0.126. The molecule has 0 saturated heterocycles. The smallest absolute Gasteiger partial charge is 0.123 e. The largest absolute Gasteiger partial charge is 0.494 e. The molecule has 0 amide bonds. The van der Waals surface area contributed by atoms with E-state index >= 15 is 0 Å². The molecular formula is C17H18Br2O. The number of aryl methyl sites for hydroxylation is 2. The fraction of sp³-hybridized carbons (Fsp3) is 0.294. The van der Waals surface area contributed by atoms with Crippen molar-refractivity contribution in [2.75, 3.05) is 6.61 Å². The molecule has 0 spiro atoms. The van der Waals surface area contributed by atoms with Gasteiger partial charge < -0.3 is 4.74 Å². The molecule has 0 aromatic heterocycles. The molecule has 0 fully saturated rings. The summed E-state index contributed by atoms with van der Waals surface area (Å²) in [4.78, 5) is 0.126. The fourth-order valence-electron chi connectivity index (χ4n) is 2.20. The lowest BCUT2D eigenvalue weighted by Crippen LogP contribution is -2.02. The minimum atomic E-state index is 0.126. The quantitative estimate of drug-likeness (QED) is 0.579. The van der Waals surface area contributed by atoms with Crippen molar-refractivity contribution in [3.63, 3.8) is 0 Å². The first-order valence-electron chi connectivity index (χ1n) is 6.66. The summed E-state index contributed by atoms with van der Waals surface area (Å²) in [5.41, 5.74) is 4.93. The Morgan fingerprint density at radius 1 is 1.05 bits per heavy atom. The van der Waals surface area contributed by atoms with Crippen molar-refractivity contribution in [1.29, 1.82) is 0 Å². The van der Waals surface area contributed by atoms with E-state index in [-0.39, 0.29) is 4.83 Å². The molecule has 1 nitrogen and oxygen atoms in total. The highest BCUT2D eigenvalue weighted by molar-refractivity contribution is 9.10. The van der Waals surface area contributed by atoms with Gasteiger partial charge >= 0.3 is 0 Å². The summed E-state index contributed by atoms with van der Waals surface area (Å²) < 4.78 is 6.85. The third kappa shape index (κ3) is 3.44. The van der Waals surface area contributed by atoms with Gasteiger partial charge in [-0.15, -0.1) is 0 Å². The number of hydrogen-bond acceptors (Lipinski definition) is 1. The molecular weight excluding hydrogens is 380 g/mol. The summed E-state index contributed by atoms with van der Waals surface area (Å²) in [5, 5.41) is 0. The van der Waals surface area contributed by atoms with Crippen molar-refractivity contribution in [2.45, 2.75) is 25.6 Å². The predicted octanol–water partition coefficient (Wildman–Crippen LogP) is 5.95. The van der Waals surface area contributed by atoms with Gasteiger partial charge in [-0.25, -0.2) is 0 Å². The van der Waals surface area contributed by atoms with E-state index in [1.807, 2.05) is 6.92 Å². The Kier molecular flexibility index (Phi) is 5.28. The van der Waals surface area contributed by atoms with E-state index in [1.54, 1.807) is 0 Å². The van der Waals surface area contributed by atoms with Crippen LogP contribution in [-0.4, -0.2) is 6.61 Å². The van der Waals surface area contributed by atoms with Gasteiger partial charge in [-0.1, -0.05) is 55.6 Å². The average Bonchev–Trinajstić information content (AvgIpc) is 2.43. The zero-order valence-electron chi connectivity index (χ0n) is 11.9. The topological polar surface area (TPSA) is 9.23 Å². The van der Waals surface area contributed by atoms with Crippen LogP contribution in [0, 0.1) is 13.8 Å². The van der Waals surface area contributed by atoms with Gasteiger partial charge in [0.15, 0.2) is 0 Å². The number of benzene rings is 2. The summed E-state index contributed by atoms with van der Waals surface area (Å²) in [7, 11) is 0. The average molecular weight is 398 g/mol. The monoisotopic (exact) mass is 396 g/mol. The SMILES string of the molecule is CCOc1ccc(C)cc1C(Br)c1cc(Br)ccc1C. The number of hydrogen-bond donors (Lipinski definition) is 0. The standard InChI is InChI=1S/C17H18Br2O/c1-4-20-16-8-5-11(2)9-15(16)17(19)14-10-13(18)7-6-12(14)3/h5-10,17H,4H2,1-3H3. The van der Waals surface area contributed by atoms with Gasteiger partial charge in [-0.2, -0.15) is 0 Å². The predicted molar refractivity (Wildman–Crippen MR) is 92.0 cm³/mol.